The topological polar surface area (TPSA) is 91.3 Å². The predicted molar refractivity (Wildman–Crippen MR) is 100 cm³/mol. The summed E-state index contributed by atoms with van der Waals surface area (Å²) in [5.74, 6) is -0.215. The lowest BCUT2D eigenvalue weighted by Crippen LogP contribution is -2.29. The Bertz CT molecular complexity index is 521. The number of carboxylic acid groups (broad SMARTS) is 1. The van der Waals surface area contributed by atoms with Crippen LogP contribution in [0.25, 0.3) is 0 Å². The monoisotopic (exact) mass is 373 g/mol. The summed E-state index contributed by atoms with van der Waals surface area (Å²) in [6.45, 7) is 4.83. The quantitative estimate of drug-likeness (QED) is 0.361. The zero-order valence-corrected chi connectivity index (χ0v) is 16.0. The number of hydrogen-bond donors (Lipinski definition) is 3. The molecule has 0 atom stereocenters. The first-order valence-electron chi connectivity index (χ1n) is 8.50. The fourth-order valence-electron chi connectivity index (χ4n) is 2.07. The summed E-state index contributed by atoms with van der Waals surface area (Å²) in [5.41, 5.74) is 0.101. The van der Waals surface area contributed by atoms with Crippen molar-refractivity contribution in [3.05, 3.63) is 5.56 Å². The Labute approximate surface area is 152 Å². The molecule has 0 unspecified atom stereocenters. The first kappa shape index (κ1) is 20.8. The van der Waals surface area contributed by atoms with Gasteiger partial charge in [0.2, 0.25) is 0 Å². The molecule has 0 saturated carbocycles. The Balaban J connectivity index is 2.55. The van der Waals surface area contributed by atoms with E-state index in [1.807, 2.05) is 0 Å². The van der Waals surface area contributed by atoms with Crippen molar-refractivity contribution in [1.29, 1.82) is 0 Å². The number of carboxylic acids is 1. The first-order valence-corrected chi connectivity index (χ1v) is 10.3. The molecule has 24 heavy (non-hydrogen) atoms. The molecule has 136 valence electrons. The van der Waals surface area contributed by atoms with Crippen molar-refractivity contribution in [2.45, 2.75) is 63.8 Å². The Kier molecular flexibility index (Phi) is 10.5. The zero-order chi connectivity index (χ0) is 17.8. The highest BCUT2D eigenvalue weighted by Gasteiger charge is 2.22. The van der Waals surface area contributed by atoms with Crippen LogP contribution in [0.1, 0.15) is 69.2 Å². The Morgan fingerprint density at radius 2 is 1.83 bits per heavy atom. The van der Waals surface area contributed by atoms with Crippen LogP contribution in [0.4, 0.5) is 9.80 Å². The summed E-state index contributed by atoms with van der Waals surface area (Å²) in [6, 6.07) is -0.378. The van der Waals surface area contributed by atoms with Crippen molar-refractivity contribution < 1.29 is 14.7 Å². The third kappa shape index (κ3) is 7.53. The molecule has 0 aliphatic rings. The summed E-state index contributed by atoms with van der Waals surface area (Å²) >= 11 is 2.47. The summed E-state index contributed by atoms with van der Waals surface area (Å²) in [4.78, 5) is 23.4. The van der Waals surface area contributed by atoms with Crippen LogP contribution >= 0.6 is 23.3 Å². The molecule has 1 aromatic heterocycles. The van der Waals surface area contributed by atoms with Gasteiger partial charge in [0.05, 0.1) is 0 Å². The minimum Gasteiger partial charge on any atom is -0.477 e. The standard InChI is InChI=1S/C16H27N3O3S2/c1-3-5-7-9-11-23-14-12(15(20)21)13(24-19-14)18-16(22)17-10-8-6-4-2/h3-11H2,1-2H3,(H,20,21)(H2,17,18,22). The number of urea groups is 1. The fourth-order valence-corrected chi connectivity index (χ4v) is 4.01. The maximum Gasteiger partial charge on any atom is 0.341 e. The molecule has 8 heteroatoms. The van der Waals surface area contributed by atoms with Gasteiger partial charge in [-0.1, -0.05) is 46.0 Å². The molecule has 0 fully saturated rings. The van der Waals surface area contributed by atoms with Crippen molar-refractivity contribution in [3.8, 4) is 0 Å². The van der Waals surface area contributed by atoms with E-state index >= 15 is 0 Å². The summed E-state index contributed by atoms with van der Waals surface area (Å²) in [5, 5.41) is 15.6. The van der Waals surface area contributed by atoms with Gasteiger partial charge < -0.3 is 10.4 Å². The van der Waals surface area contributed by atoms with Crippen LogP contribution in [0.3, 0.4) is 0 Å². The maximum absolute atomic E-state index is 11.8. The number of aromatic nitrogens is 1. The second-order valence-electron chi connectivity index (χ2n) is 5.49. The number of nitrogens with zero attached hydrogens (tertiary/aromatic N) is 1. The van der Waals surface area contributed by atoms with E-state index in [2.05, 4.69) is 28.9 Å². The van der Waals surface area contributed by atoms with E-state index in [1.54, 1.807) is 0 Å². The normalized spacial score (nSPS) is 10.6. The third-order valence-electron chi connectivity index (χ3n) is 3.40. The summed E-state index contributed by atoms with van der Waals surface area (Å²) in [7, 11) is 0. The number of nitrogens with one attached hydrogen (secondary N) is 2. The van der Waals surface area contributed by atoms with E-state index < -0.39 is 5.97 Å². The van der Waals surface area contributed by atoms with Crippen LogP contribution in [-0.4, -0.2) is 33.8 Å². The SMILES string of the molecule is CCCCCCSc1nsc(NC(=O)NCCCCC)c1C(=O)O. The Morgan fingerprint density at radius 3 is 2.50 bits per heavy atom. The number of unbranched alkanes of at least 4 members (excludes halogenated alkanes) is 5. The number of anilines is 1. The number of carbonyl (C=O) groups is 2. The highest BCUT2D eigenvalue weighted by Crippen LogP contribution is 2.32. The van der Waals surface area contributed by atoms with Gasteiger partial charge in [-0.05, 0) is 30.1 Å². The van der Waals surface area contributed by atoms with E-state index in [4.69, 9.17) is 0 Å². The lowest BCUT2D eigenvalue weighted by Gasteiger charge is -2.06. The average molecular weight is 374 g/mol. The molecule has 0 radical (unpaired) electrons. The molecule has 6 nitrogen and oxygen atoms in total. The van der Waals surface area contributed by atoms with Crippen LogP contribution in [0.2, 0.25) is 0 Å². The molecule has 1 rings (SSSR count). The van der Waals surface area contributed by atoms with Gasteiger partial charge in [0, 0.05) is 6.54 Å². The minimum absolute atomic E-state index is 0.101. The van der Waals surface area contributed by atoms with E-state index in [-0.39, 0.29) is 11.6 Å². The van der Waals surface area contributed by atoms with Gasteiger partial charge in [0.15, 0.2) is 0 Å². The number of carbonyl (C=O) groups excluding carboxylic acids is 1. The van der Waals surface area contributed by atoms with Gasteiger partial charge in [0.25, 0.3) is 0 Å². The van der Waals surface area contributed by atoms with Crippen LogP contribution < -0.4 is 10.6 Å². The first-order chi connectivity index (χ1) is 11.6. The molecular weight excluding hydrogens is 346 g/mol. The minimum atomic E-state index is -1.05. The van der Waals surface area contributed by atoms with Crippen LogP contribution in [-0.2, 0) is 0 Å². The molecule has 0 aliphatic heterocycles. The molecular formula is C16H27N3O3S2. The lowest BCUT2D eigenvalue weighted by atomic mass is 10.2. The van der Waals surface area contributed by atoms with Gasteiger partial charge in [-0.15, -0.1) is 11.8 Å². The van der Waals surface area contributed by atoms with E-state index in [1.165, 1.54) is 24.6 Å². The van der Waals surface area contributed by atoms with Crippen molar-refractivity contribution >= 4 is 40.3 Å². The summed E-state index contributed by atoms with van der Waals surface area (Å²) in [6.07, 6.45) is 7.59. The third-order valence-corrected chi connectivity index (χ3v) is 5.34. The number of rotatable bonds is 12. The Hall–Kier alpha value is -1.28. The maximum atomic E-state index is 11.8. The molecule has 0 spiro atoms. The van der Waals surface area contributed by atoms with Gasteiger partial charge in [-0.3, -0.25) is 5.32 Å². The van der Waals surface area contributed by atoms with Crippen LogP contribution in [0.5, 0.6) is 0 Å². The molecule has 1 heterocycles. The zero-order valence-electron chi connectivity index (χ0n) is 14.4. The molecule has 0 saturated heterocycles. The molecule has 3 N–H and O–H groups in total. The van der Waals surface area contributed by atoms with E-state index in [0.29, 0.717) is 16.6 Å². The molecule has 2 amide bonds. The average Bonchev–Trinajstić information content (AvgIpc) is 2.94. The molecule has 1 aromatic rings. The number of aromatic carboxylic acids is 1. The van der Waals surface area contributed by atoms with Crippen LogP contribution in [0, 0.1) is 0 Å². The summed E-state index contributed by atoms with van der Waals surface area (Å²) < 4.78 is 4.20. The number of amides is 2. The molecule has 0 bridgehead atoms. The number of hydrogen-bond acceptors (Lipinski definition) is 5. The second kappa shape index (κ2) is 12.1. The second-order valence-corrected chi connectivity index (χ2v) is 7.35. The smallest absolute Gasteiger partial charge is 0.341 e. The van der Waals surface area contributed by atoms with E-state index in [0.717, 1.165) is 49.4 Å². The van der Waals surface area contributed by atoms with Crippen molar-refractivity contribution in [2.24, 2.45) is 0 Å². The highest BCUT2D eigenvalue weighted by molar-refractivity contribution is 7.99. The number of thioether (sulfide) groups is 1. The van der Waals surface area contributed by atoms with Gasteiger partial charge >= 0.3 is 12.0 Å². The highest BCUT2D eigenvalue weighted by atomic mass is 32.2. The predicted octanol–water partition coefficient (Wildman–Crippen LogP) is 4.83. The van der Waals surface area contributed by atoms with Gasteiger partial charge in [-0.25, -0.2) is 9.59 Å². The largest absolute Gasteiger partial charge is 0.477 e. The van der Waals surface area contributed by atoms with Gasteiger partial charge in [-0.2, -0.15) is 4.37 Å². The Morgan fingerprint density at radius 1 is 1.12 bits per heavy atom. The van der Waals surface area contributed by atoms with Crippen molar-refractivity contribution in [3.63, 3.8) is 0 Å². The van der Waals surface area contributed by atoms with Gasteiger partial charge in [0.1, 0.15) is 15.6 Å². The van der Waals surface area contributed by atoms with E-state index in [9.17, 15) is 14.7 Å². The van der Waals surface area contributed by atoms with Crippen molar-refractivity contribution in [2.75, 3.05) is 17.6 Å². The fraction of sp³-hybridized carbons (Fsp3) is 0.688. The lowest BCUT2D eigenvalue weighted by molar-refractivity contribution is 0.0694. The van der Waals surface area contributed by atoms with Crippen LogP contribution in [0.15, 0.2) is 5.03 Å². The molecule has 0 aromatic carbocycles. The van der Waals surface area contributed by atoms with Crippen molar-refractivity contribution in [1.82, 2.24) is 9.69 Å². The molecule has 0 aliphatic carbocycles.